The lowest BCUT2D eigenvalue weighted by molar-refractivity contribution is -0.126. The van der Waals surface area contributed by atoms with Crippen molar-refractivity contribution in [1.82, 2.24) is 0 Å². The van der Waals surface area contributed by atoms with Gasteiger partial charge >= 0.3 is 5.63 Å². The molecular weight excluding hydrogens is 348 g/mol. The highest BCUT2D eigenvalue weighted by atomic mass is 16.5. The minimum absolute atomic E-state index is 0.0599. The molecule has 0 radical (unpaired) electrons. The molecule has 6 nitrogen and oxygen atoms in total. The van der Waals surface area contributed by atoms with Gasteiger partial charge in [0.15, 0.2) is 5.60 Å². The van der Waals surface area contributed by atoms with Crippen LogP contribution in [0.3, 0.4) is 0 Å². The lowest BCUT2D eigenvalue weighted by Crippen LogP contribution is -2.27. The molecule has 0 bridgehead atoms. The quantitative estimate of drug-likeness (QED) is 0.646. The maximum absolute atomic E-state index is 11.9. The Labute approximate surface area is 154 Å². The van der Waals surface area contributed by atoms with Crippen molar-refractivity contribution in [3.8, 4) is 5.75 Å². The zero-order valence-corrected chi connectivity index (χ0v) is 15.2. The van der Waals surface area contributed by atoms with Gasteiger partial charge < -0.3 is 18.3 Å². The van der Waals surface area contributed by atoms with Gasteiger partial charge in [0.1, 0.15) is 29.3 Å². The molecule has 4 rings (SSSR count). The van der Waals surface area contributed by atoms with E-state index in [0.29, 0.717) is 28.1 Å². The van der Waals surface area contributed by atoms with Crippen molar-refractivity contribution in [2.45, 2.75) is 26.4 Å². The number of hydrogen-bond donors (Lipinski definition) is 0. The van der Waals surface area contributed by atoms with Gasteiger partial charge in [-0.15, -0.1) is 0 Å². The summed E-state index contributed by atoms with van der Waals surface area (Å²) in [7, 11) is 0. The van der Waals surface area contributed by atoms with Crippen LogP contribution in [0.4, 0.5) is 0 Å². The first kappa shape index (κ1) is 17.1. The van der Waals surface area contributed by atoms with Gasteiger partial charge in [-0.05, 0) is 44.6 Å². The fraction of sp³-hybridized carbons (Fsp3) is 0.238. The Kier molecular flexibility index (Phi) is 3.91. The molecule has 2 aromatic heterocycles. The van der Waals surface area contributed by atoms with Crippen LogP contribution in [0.15, 0.2) is 67.6 Å². The standard InChI is InChI=1S/C21H18O6/c1-12(15-11-18(22)21(2,3)27-15)6-8-25-20-13-4-5-19(23)26-17(13)10-16-14(20)7-9-24-16/h4-7,9-11H,8H2,1-3H3. The molecule has 0 spiro atoms. The molecule has 0 N–H and O–H groups in total. The summed E-state index contributed by atoms with van der Waals surface area (Å²) in [5.41, 5.74) is 0.509. The Morgan fingerprint density at radius 1 is 1.15 bits per heavy atom. The van der Waals surface area contributed by atoms with Gasteiger partial charge in [-0.25, -0.2) is 4.79 Å². The van der Waals surface area contributed by atoms with Crippen LogP contribution < -0.4 is 10.4 Å². The summed E-state index contributed by atoms with van der Waals surface area (Å²) < 4.78 is 22.3. The molecule has 1 aliphatic heterocycles. The lowest BCUT2D eigenvalue weighted by atomic mass is 10.1. The number of benzene rings is 1. The number of ketones is 1. The number of hydrogen-bond acceptors (Lipinski definition) is 6. The Hall–Kier alpha value is -3.28. The van der Waals surface area contributed by atoms with Gasteiger partial charge in [0, 0.05) is 18.2 Å². The zero-order valence-electron chi connectivity index (χ0n) is 15.2. The van der Waals surface area contributed by atoms with Crippen molar-refractivity contribution in [3.63, 3.8) is 0 Å². The predicted molar refractivity (Wildman–Crippen MR) is 99.8 cm³/mol. The van der Waals surface area contributed by atoms with E-state index in [0.717, 1.165) is 11.0 Å². The van der Waals surface area contributed by atoms with Crippen molar-refractivity contribution in [2.24, 2.45) is 0 Å². The van der Waals surface area contributed by atoms with E-state index < -0.39 is 11.2 Å². The number of ether oxygens (including phenoxy) is 2. The molecule has 0 saturated carbocycles. The third-order valence-corrected chi connectivity index (χ3v) is 4.54. The van der Waals surface area contributed by atoms with Crippen LogP contribution in [0, 0.1) is 0 Å². The number of furan rings is 1. The molecule has 3 heterocycles. The van der Waals surface area contributed by atoms with E-state index in [9.17, 15) is 9.59 Å². The van der Waals surface area contributed by atoms with Crippen molar-refractivity contribution in [1.29, 1.82) is 0 Å². The number of carbonyl (C=O) groups excluding carboxylic acids is 1. The first-order valence-corrected chi connectivity index (χ1v) is 8.54. The molecule has 1 aromatic carbocycles. The molecule has 27 heavy (non-hydrogen) atoms. The normalized spacial score (nSPS) is 16.6. The smallest absolute Gasteiger partial charge is 0.336 e. The summed E-state index contributed by atoms with van der Waals surface area (Å²) >= 11 is 0. The molecule has 0 fully saturated rings. The highest BCUT2D eigenvalue weighted by Crippen LogP contribution is 2.35. The highest BCUT2D eigenvalue weighted by Gasteiger charge is 2.35. The van der Waals surface area contributed by atoms with E-state index in [1.54, 1.807) is 38.3 Å². The zero-order chi connectivity index (χ0) is 19.2. The largest absolute Gasteiger partial charge is 0.488 e. The van der Waals surface area contributed by atoms with Gasteiger partial charge in [-0.2, -0.15) is 0 Å². The Morgan fingerprint density at radius 2 is 1.93 bits per heavy atom. The molecule has 0 atom stereocenters. The first-order chi connectivity index (χ1) is 12.8. The second-order valence-corrected chi connectivity index (χ2v) is 6.89. The van der Waals surface area contributed by atoms with E-state index >= 15 is 0 Å². The molecule has 0 unspecified atom stereocenters. The second-order valence-electron chi connectivity index (χ2n) is 6.89. The predicted octanol–water partition coefficient (Wildman–Crippen LogP) is 4.13. The van der Waals surface area contributed by atoms with Gasteiger partial charge in [0.05, 0.1) is 17.0 Å². The first-order valence-electron chi connectivity index (χ1n) is 8.54. The van der Waals surface area contributed by atoms with Crippen LogP contribution in [0.2, 0.25) is 0 Å². The van der Waals surface area contributed by atoms with Crippen molar-refractivity contribution < 1.29 is 23.1 Å². The minimum atomic E-state index is -0.832. The molecule has 0 saturated heterocycles. The van der Waals surface area contributed by atoms with Crippen LogP contribution in [0.1, 0.15) is 20.8 Å². The van der Waals surface area contributed by atoms with Crippen LogP contribution >= 0.6 is 0 Å². The summed E-state index contributed by atoms with van der Waals surface area (Å²) in [6, 6.07) is 6.50. The topological polar surface area (TPSA) is 78.9 Å². The molecule has 3 aromatic rings. The van der Waals surface area contributed by atoms with Crippen LogP contribution in [-0.2, 0) is 9.53 Å². The Morgan fingerprint density at radius 3 is 2.67 bits per heavy atom. The van der Waals surface area contributed by atoms with Gasteiger partial charge in [0.25, 0.3) is 0 Å². The molecular formula is C21H18O6. The summed E-state index contributed by atoms with van der Waals surface area (Å²) in [6.45, 7) is 5.59. The van der Waals surface area contributed by atoms with Crippen molar-refractivity contribution >= 4 is 27.7 Å². The third kappa shape index (κ3) is 3.03. The summed E-state index contributed by atoms with van der Waals surface area (Å²) in [6.07, 6.45) is 4.90. The lowest BCUT2D eigenvalue weighted by Gasteiger charge is -2.18. The summed E-state index contributed by atoms with van der Waals surface area (Å²) in [5.74, 6) is 1.06. The summed E-state index contributed by atoms with van der Waals surface area (Å²) in [4.78, 5) is 23.4. The SMILES string of the molecule is CC(=CCOc1c2ccoc2cc2oc(=O)ccc12)C1=CC(=O)C(C)(C)O1. The Balaban J connectivity index is 1.64. The minimum Gasteiger partial charge on any atom is -0.488 e. The van der Waals surface area contributed by atoms with E-state index in [2.05, 4.69) is 0 Å². The Bertz CT molecular complexity index is 1170. The summed E-state index contributed by atoms with van der Waals surface area (Å²) in [5, 5.41) is 1.47. The molecule has 6 heteroatoms. The molecule has 1 aliphatic rings. The maximum Gasteiger partial charge on any atom is 0.336 e. The average Bonchev–Trinajstić information content (AvgIpc) is 3.18. The fourth-order valence-electron chi connectivity index (χ4n) is 2.96. The third-order valence-electron chi connectivity index (χ3n) is 4.54. The van der Waals surface area contributed by atoms with Crippen LogP contribution in [-0.4, -0.2) is 18.0 Å². The van der Waals surface area contributed by atoms with E-state index in [1.807, 2.05) is 13.0 Å². The number of carbonyl (C=O) groups is 1. The number of rotatable bonds is 4. The average molecular weight is 366 g/mol. The van der Waals surface area contributed by atoms with E-state index in [1.165, 1.54) is 12.1 Å². The van der Waals surface area contributed by atoms with Crippen LogP contribution in [0.25, 0.3) is 21.9 Å². The van der Waals surface area contributed by atoms with Crippen LogP contribution in [0.5, 0.6) is 5.75 Å². The monoisotopic (exact) mass is 366 g/mol. The van der Waals surface area contributed by atoms with Crippen molar-refractivity contribution in [3.05, 3.63) is 64.4 Å². The van der Waals surface area contributed by atoms with Gasteiger partial charge in [-0.3, -0.25) is 4.79 Å². The number of allylic oxidation sites excluding steroid dienone is 1. The fourth-order valence-corrected chi connectivity index (χ4v) is 2.96. The second kappa shape index (κ2) is 6.16. The molecule has 0 amide bonds. The molecule has 0 aliphatic carbocycles. The van der Waals surface area contributed by atoms with Gasteiger partial charge in [-0.1, -0.05) is 0 Å². The number of fused-ring (bicyclic) bond motifs is 2. The highest BCUT2D eigenvalue weighted by molar-refractivity contribution is 6.01. The van der Waals surface area contributed by atoms with E-state index in [4.69, 9.17) is 18.3 Å². The van der Waals surface area contributed by atoms with E-state index in [-0.39, 0.29) is 12.4 Å². The van der Waals surface area contributed by atoms with Crippen molar-refractivity contribution in [2.75, 3.05) is 6.61 Å². The molecule has 138 valence electrons. The van der Waals surface area contributed by atoms with Gasteiger partial charge in [0.2, 0.25) is 5.78 Å². The maximum atomic E-state index is 11.9.